The normalized spacial score (nSPS) is 11.1. The van der Waals surface area contributed by atoms with Crippen LogP contribution in [0.5, 0.6) is 0 Å². The summed E-state index contributed by atoms with van der Waals surface area (Å²) in [5.41, 5.74) is 2.53. The molecule has 92 valence electrons. The summed E-state index contributed by atoms with van der Waals surface area (Å²) in [4.78, 5) is 7.26. The molecule has 1 aromatic carbocycles. The van der Waals surface area contributed by atoms with Gasteiger partial charge in [-0.2, -0.15) is 0 Å². The maximum absolute atomic E-state index is 4.02. The lowest BCUT2D eigenvalue weighted by molar-refractivity contribution is 0.598. The van der Waals surface area contributed by atoms with Gasteiger partial charge in [0.1, 0.15) is 0 Å². The molecular weight excluding hydrogens is 224 g/mol. The number of benzene rings is 1. The molecule has 2 aromatic heterocycles. The number of fused-ring (bicyclic) bond motifs is 1. The van der Waals surface area contributed by atoms with Crippen LogP contribution in [0.1, 0.15) is 5.56 Å². The van der Waals surface area contributed by atoms with Gasteiger partial charge in [0.15, 0.2) is 0 Å². The topological polar surface area (TPSA) is 45.6 Å². The van der Waals surface area contributed by atoms with Crippen LogP contribution in [0.4, 0.5) is 0 Å². The average Bonchev–Trinajstić information content (AvgIpc) is 3.05. The van der Waals surface area contributed by atoms with Crippen molar-refractivity contribution in [2.75, 3.05) is 6.54 Å². The fourth-order valence-corrected chi connectivity index (χ4v) is 2.15. The second-order valence-corrected chi connectivity index (χ2v) is 4.33. The van der Waals surface area contributed by atoms with Crippen LogP contribution >= 0.6 is 0 Å². The minimum absolute atomic E-state index is 0.893. The van der Waals surface area contributed by atoms with Gasteiger partial charge in [0.25, 0.3) is 0 Å². The van der Waals surface area contributed by atoms with E-state index in [1.807, 2.05) is 18.7 Å². The Bertz CT molecular complexity index is 610. The first-order valence-corrected chi connectivity index (χ1v) is 6.15. The van der Waals surface area contributed by atoms with Crippen LogP contribution < -0.4 is 5.32 Å². The molecule has 0 radical (unpaired) electrons. The van der Waals surface area contributed by atoms with Crippen molar-refractivity contribution in [3.63, 3.8) is 0 Å². The molecule has 0 spiro atoms. The van der Waals surface area contributed by atoms with E-state index in [0.29, 0.717) is 0 Å². The summed E-state index contributed by atoms with van der Waals surface area (Å²) < 4.78 is 2.07. The molecule has 2 heterocycles. The number of aromatic amines is 1. The van der Waals surface area contributed by atoms with Gasteiger partial charge in [0.2, 0.25) is 0 Å². The van der Waals surface area contributed by atoms with Gasteiger partial charge >= 0.3 is 0 Å². The molecule has 0 aliphatic rings. The van der Waals surface area contributed by atoms with E-state index in [9.17, 15) is 0 Å². The highest BCUT2D eigenvalue weighted by atomic mass is 15.0. The molecule has 18 heavy (non-hydrogen) atoms. The van der Waals surface area contributed by atoms with Crippen molar-refractivity contribution < 1.29 is 0 Å². The lowest BCUT2D eigenvalue weighted by Gasteiger charge is -2.06. The van der Waals surface area contributed by atoms with E-state index in [-0.39, 0.29) is 0 Å². The molecule has 0 saturated heterocycles. The number of H-pyrrole nitrogens is 1. The molecule has 4 heteroatoms. The molecule has 0 amide bonds. The second kappa shape index (κ2) is 5.06. The van der Waals surface area contributed by atoms with Crippen molar-refractivity contribution in [3.05, 3.63) is 54.7 Å². The smallest absolute Gasteiger partial charge is 0.0946 e. The van der Waals surface area contributed by atoms with Crippen molar-refractivity contribution in [1.29, 1.82) is 0 Å². The lowest BCUT2D eigenvalue weighted by Crippen LogP contribution is -2.19. The molecule has 0 aliphatic carbocycles. The van der Waals surface area contributed by atoms with E-state index in [1.165, 1.54) is 16.5 Å². The summed E-state index contributed by atoms with van der Waals surface area (Å²) in [5.74, 6) is 0. The van der Waals surface area contributed by atoms with E-state index >= 15 is 0 Å². The molecule has 0 aliphatic heterocycles. The van der Waals surface area contributed by atoms with E-state index in [4.69, 9.17) is 0 Å². The molecular formula is C14H16N4. The Labute approximate surface area is 106 Å². The second-order valence-electron chi connectivity index (χ2n) is 4.33. The van der Waals surface area contributed by atoms with Crippen molar-refractivity contribution in [1.82, 2.24) is 19.9 Å². The predicted octanol–water partition coefficient (Wildman–Crippen LogP) is 2.15. The highest BCUT2D eigenvalue weighted by molar-refractivity contribution is 5.82. The minimum atomic E-state index is 0.893. The number of hydrogen-bond donors (Lipinski definition) is 2. The van der Waals surface area contributed by atoms with E-state index < -0.39 is 0 Å². The Morgan fingerprint density at radius 2 is 2.28 bits per heavy atom. The molecule has 0 saturated carbocycles. The van der Waals surface area contributed by atoms with Crippen molar-refractivity contribution in [2.45, 2.75) is 13.1 Å². The molecule has 0 atom stereocenters. The highest BCUT2D eigenvalue weighted by Gasteiger charge is 2.00. The first-order valence-electron chi connectivity index (χ1n) is 6.15. The third-order valence-corrected chi connectivity index (χ3v) is 3.11. The molecule has 2 N–H and O–H groups in total. The lowest BCUT2D eigenvalue weighted by atomic mass is 10.1. The van der Waals surface area contributed by atoms with E-state index in [0.717, 1.165) is 19.6 Å². The predicted molar refractivity (Wildman–Crippen MR) is 72.2 cm³/mol. The summed E-state index contributed by atoms with van der Waals surface area (Å²) >= 11 is 0. The number of imidazole rings is 1. The zero-order valence-corrected chi connectivity index (χ0v) is 10.1. The van der Waals surface area contributed by atoms with Crippen LogP contribution in [0.3, 0.4) is 0 Å². The number of hydrogen-bond acceptors (Lipinski definition) is 2. The van der Waals surface area contributed by atoms with Gasteiger partial charge in [0, 0.05) is 49.1 Å². The first-order chi connectivity index (χ1) is 8.93. The van der Waals surface area contributed by atoms with Gasteiger partial charge in [-0.3, -0.25) is 0 Å². The Balaban J connectivity index is 1.58. The molecule has 0 bridgehead atoms. The van der Waals surface area contributed by atoms with Gasteiger partial charge < -0.3 is 14.9 Å². The molecule has 3 aromatic rings. The number of rotatable bonds is 5. The van der Waals surface area contributed by atoms with Crippen molar-refractivity contribution in [3.8, 4) is 0 Å². The number of nitrogens with one attached hydrogen (secondary N) is 2. The fraction of sp³-hybridized carbons (Fsp3) is 0.214. The Kier molecular flexibility index (Phi) is 3.10. The fourth-order valence-electron chi connectivity index (χ4n) is 2.15. The van der Waals surface area contributed by atoms with E-state index in [2.05, 4.69) is 44.1 Å². The zero-order valence-electron chi connectivity index (χ0n) is 10.1. The van der Waals surface area contributed by atoms with Gasteiger partial charge in [0.05, 0.1) is 6.33 Å². The Morgan fingerprint density at radius 3 is 3.17 bits per heavy atom. The summed E-state index contributed by atoms with van der Waals surface area (Å²) in [6, 6.07) is 8.48. The quantitative estimate of drug-likeness (QED) is 0.671. The highest BCUT2D eigenvalue weighted by Crippen LogP contribution is 2.16. The molecule has 3 rings (SSSR count). The SMILES string of the molecule is c1cc(CNCCn2ccnc2)c2cc[nH]c2c1. The number of aromatic nitrogens is 3. The van der Waals surface area contributed by atoms with Crippen LogP contribution in [0.25, 0.3) is 10.9 Å². The van der Waals surface area contributed by atoms with E-state index in [1.54, 1.807) is 6.20 Å². The molecule has 4 nitrogen and oxygen atoms in total. The maximum Gasteiger partial charge on any atom is 0.0946 e. The summed E-state index contributed by atoms with van der Waals surface area (Å²) in [7, 11) is 0. The summed E-state index contributed by atoms with van der Waals surface area (Å²) in [5, 5.41) is 4.76. The van der Waals surface area contributed by atoms with Gasteiger partial charge in [-0.25, -0.2) is 4.98 Å². The van der Waals surface area contributed by atoms with Gasteiger partial charge in [-0.1, -0.05) is 12.1 Å². The van der Waals surface area contributed by atoms with Crippen LogP contribution in [-0.4, -0.2) is 21.1 Å². The molecule has 0 fully saturated rings. The third kappa shape index (κ3) is 2.28. The third-order valence-electron chi connectivity index (χ3n) is 3.11. The van der Waals surface area contributed by atoms with Gasteiger partial charge in [-0.15, -0.1) is 0 Å². The number of nitrogens with zero attached hydrogens (tertiary/aromatic N) is 2. The Morgan fingerprint density at radius 1 is 1.28 bits per heavy atom. The van der Waals surface area contributed by atoms with Crippen LogP contribution in [0, 0.1) is 0 Å². The minimum Gasteiger partial charge on any atom is -0.361 e. The van der Waals surface area contributed by atoms with Crippen LogP contribution in [-0.2, 0) is 13.1 Å². The van der Waals surface area contributed by atoms with Crippen molar-refractivity contribution >= 4 is 10.9 Å². The van der Waals surface area contributed by atoms with Crippen LogP contribution in [0.15, 0.2) is 49.2 Å². The zero-order chi connectivity index (χ0) is 12.2. The maximum atomic E-state index is 4.02. The molecule has 0 unspecified atom stereocenters. The Hall–Kier alpha value is -2.07. The summed E-state index contributed by atoms with van der Waals surface area (Å²) in [6.45, 7) is 2.78. The average molecular weight is 240 g/mol. The largest absolute Gasteiger partial charge is 0.361 e. The first kappa shape index (κ1) is 11.0. The van der Waals surface area contributed by atoms with Crippen molar-refractivity contribution in [2.24, 2.45) is 0 Å². The summed E-state index contributed by atoms with van der Waals surface area (Å²) in [6.07, 6.45) is 7.61. The van der Waals surface area contributed by atoms with Crippen LogP contribution in [0.2, 0.25) is 0 Å². The standard InChI is InChI=1S/C14H16N4/c1-2-12(13-4-5-17-14(13)3-1)10-15-6-8-18-9-7-16-11-18/h1-5,7,9,11,15,17H,6,8,10H2. The van der Waals surface area contributed by atoms with Gasteiger partial charge in [-0.05, 0) is 17.7 Å². The monoisotopic (exact) mass is 240 g/mol.